The van der Waals surface area contributed by atoms with Crippen LogP contribution in [0, 0.1) is 5.92 Å². The fourth-order valence-corrected chi connectivity index (χ4v) is 2.81. The summed E-state index contributed by atoms with van der Waals surface area (Å²) >= 11 is 12.0. The van der Waals surface area contributed by atoms with E-state index in [-0.39, 0.29) is 6.04 Å². The average molecular weight is 287 g/mol. The molecule has 0 heterocycles. The van der Waals surface area contributed by atoms with Crippen molar-refractivity contribution in [3.05, 3.63) is 33.8 Å². The third-order valence-corrected chi connectivity index (χ3v) is 4.59. The monoisotopic (exact) mass is 286 g/mol. The lowest BCUT2D eigenvalue weighted by Crippen LogP contribution is -2.36. The first kappa shape index (κ1) is 14.1. The van der Waals surface area contributed by atoms with Crippen molar-refractivity contribution in [2.45, 2.75) is 25.3 Å². The van der Waals surface area contributed by atoms with E-state index in [1.54, 1.807) is 0 Å². The van der Waals surface area contributed by atoms with Gasteiger partial charge in [0.25, 0.3) is 0 Å². The second kappa shape index (κ2) is 6.25. The molecule has 4 heteroatoms. The van der Waals surface area contributed by atoms with Crippen LogP contribution in [0.2, 0.25) is 10.0 Å². The maximum Gasteiger partial charge on any atom is 0.0595 e. The molecule has 1 aromatic rings. The van der Waals surface area contributed by atoms with Gasteiger partial charge in [-0.2, -0.15) is 0 Å². The standard InChI is InChI=1S/C14H20Cl2N2/c1-18(9-10-3-2-4-10)14(8-17)11-5-6-12(15)13(16)7-11/h5-7,10,14H,2-4,8-9,17H2,1H3. The Labute approximate surface area is 119 Å². The van der Waals surface area contributed by atoms with Gasteiger partial charge in [-0.1, -0.05) is 35.7 Å². The second-order valence-corrected chi connectivity index (χ2v) is 5.98. The number of hydrogen-bond acceptors (Lipinski definition) is 2. The molecule has 0 spiro atoms. The summed E-state index contributed by atoms with van der Waals surface area (Å²) in [6.45, 7) is 1.71. The zero-order valence-electron chi connectivity index (χ0n) is 10.7. The van der Waals surface area contributed by atoms with Crippen molar-refractivity contribution < 1.29 is 0 Å². The first-order valence-electron chi connectivity index (χ1n) is 6.47. The van der Waals surface area contributed by atoms with Gasteiger partial charge in [0, 0.05) is 19.1 Å². The molecule has 1 atom stereocenters. The van der Waals surface area contributed by atoms with E-state index in [0.717, 1.165) is 18.0 Å². The van der Waals surface area contributed by atoms with Crippen molar-refractivity contribution in [3.63, 3.8) is 0 Å². The van der Waals surface area contributed by atoms with Gasteiger partial charge in [-0.25, -0.2) is 0 Å². The van der Waals surface area contributed by atoms with Crippen LogP contribution in [-0.2, 0) is 0 Å². The summed E-state index contributed by atoms with van der Waals surface area (Å²) in [6.07, 6.45) is 4.07. The van der Waals surface area contributed by atoms with E-state index in [0.29, 0.717) is 16.6 Å². The Hall–Kier alpha value is -0.280. The molecule has 1 fully saturated rings. The second-order valence-electron chi connectivity index (χ2n) is 5.16. The minimum Gasteiger partial charge on any atom is -0.329 e. The molecule has 2 rings (SSSR count). The minimum atomic E-state index is 0.223. The lowest BCUT2D eigenvalue weighted by Gasteiger charge is -2.34. The van der Waals surface area contributed by atoms with Crippen molar-refractivity contribution in [3.8, 4) is 0 Å². The van der Waals surface area contributed by atoms with Crippen LogP contribution >= 0.6 is 23.2 Å². The molecule has 0 bridgehead atoms. The first-order valence-corrected chi connectivity index (χ1v) is 7.22. The molecule has 2 nitrogen and oxygen atoms in total. The number of nitrogens with two attached hydrogens (primary N) is 1. The van der Waals surface area contributed by atoms with E-state index >= 15 is 0 Å². The van der Waals surface area contributed by atoms with E-state index < -0.39 is 0 Å². The van der Waals surface area contributed by atoms with Crippen LogP contribution in [0.25, 0.3) is 0 Å². The highest BCUT2D eigenvalue weighted by Gasteiger charge is 2.23. The molecular weight excluding hydrogens is 267 g/mol. The molecule has 0 radical (unpaired) electrons. The van der Waals surface area contributed by atoms with Crippen molar-refractivity contribution in [1.29, 1.82) is 0 Å². The fourth-order valence-electron chi connectivity index (χ4n) is 2.50. The molecule has 0 saturated heterocycles. The summed E-state index contributed by atoms with van der Waals surface area (Å²) in [6, 6.07) is 6.01. The third kappa shape index (κ3) is 3.18. The molecule has 1 aromatic carbocycles. The van der Waals surface area contributed by atoms with Crippen LogP contribution in [0.1, 0.15) is 30.9 Å². The smallest absolute Gasteiger partial charge is 0.0595 e. The highest BCUT2D eigenvalue weighted by Crippen LogP contribution is 2.31. The summed E-state index contributed by atoms with van der Waals surface area (Å²) in [4.78, 5) is 2.34. The number of hydrogen-bond donors (Lipinski definition) is 1. The molecule has 0 aromatic heterocycles. The Balaban J connectivity index is 2.08. The normalized spacial score (nSPS) is 17.8. The predicted molar refractivity (Wildman–Crippen MR) is 78.2 cm³/mol. The molecule has 2 N–H and O–H groups in total. The Morgan fingerprint density at radius 1 is 1.33 bits per heavy atom. The molecule has 0 aliphatic heterocycles. The Morgan fingerprint density at radius 3 is 2.56 bits per heavy atom. The molecule has 1 aliphatic carbocycles. The van der Waals surface area contributed by atoms with Gasteiger partial charge in [-0.3, -0.25) is 4.90 Å². The van der Waals surface area contributed by atoms with Crippen LogP contribution in [0.3, 0.4) is 0 Å². The fraction of sp³-hybridized carbons (Fsp3) is 0.571. The number of halogens is 2. The molecule has 1 saturated carbocycles. The summed E-state index contributed by atoms with van der Waals surface area (Å²) in [5.41, 5.74) is 7.06. The zero-order chi connectivity index (χ0) is 13.1. The van der Waals surface area contributed by atoms with Crippen LogP contribution in [0.15, 0.2) is 18.2 Å². The maximum absolute atomic E-state index is 6.07. The van der Waals surface area contributed by atoms with Crippen molar-refractivity contribution >= 4 is 23.2 Å². The Bertz CT molecular complexity index is 405. The molecular formula is C14H20Cl2N2. The first-order chi connectivity index (χ1) is 8.61. The van der Waals surface area contributed by atoms with E-state index in [1.807, 2.05) is 18.2 Å². The zero-order valence-corrected chi connectivity index (χ0v) is 12.2. The number of nitrogens with zero attached hydrogens (tertiary/aromatic N) is 1. The van der Waals surface area contributed by atoms with Gasteiger partial charge in [0.2, 0.25) is 0 Å². The van der Waals surface area contributed by atoms with Gasteiger partial charge in [-0.05, 0) is 43.5 Å². The quantitative estimate of drug-likeness (QED) is 0.894. The molecule has 1 aliphatic rings. The highest BCUT2D eigenvalue weighted by atomic mass is 35.5. The van der Waals surface area contributed by atoms with Crippen LogP contribution in [0.5, 0.6) is 0 Å². The minimum absolute atomic E-state index is 0.223. The van der Waals surface area contributed by atoms with E-state index in [2.05, 4.69) is 11.9 Å². The van der Waals surface area contributed by atoms with Gasteiger partial charge in [0.05, 0.1) is 10.0 Å². The van der Waals surface area contributed by atoms with Gasteiger partial charge < -0.3 is 5.73 Å². The van der Waals surface area contributed by atoms with Gasteiger partial charge in [0.1, 0.15) is 0 Å². The SMILES string of the molecule is CN(CC1CCC1)C(CN)c1ccc(Cl)c(Cl)c1. The van der Waals surface area contributed by atoms with E-state index in [4.69, 9.17) is 28.9 Å². The summed E-state index contributed by atoms with van der Waals surface area (Å²) in [5, 5.41) is 1.20. The Kier molecular flexibility index (Phi) is 4.91. The molecule has 0 amide bonds. The molecule has 18 heavy (non-hydrogen) atoms. The van der Waals surface area contributed by atoms with Crippen molar-refractivity contribution in [2.24, 2.45) is 11.7 Å². The van der Waals surface area contributed by atoms with Crippen LogP contribution in [0.4, 0.5) is 0 Å². The third-order valence-electron chi connectivity index (χ3n) is 3.85. The topological polar surface area (TPSA) is 29.3 Å². The maximum atomic E-state index is 6.07. The van der Waals surface area contributed by atoms with Crippen LogP contribution < -0.4 is 5.73 Å². The summed E-state index contributed by atoms with van der Waals surface area (Å²) in [5.74, 6) is 0.840. The van der Waals surface area contributed by atoms with Gasteiger partial charge in [0.15, 0.2) is 0 Å². The lowest BCUT2D eigenvalue weighted by molar-refractivity contribution is 0.165. The number of likely N-dealkylation sites (N-methyl/N-ethyl adjacent to an activating group) is 1. The van der Waals surface area contributed by atoms with Crippen molar-refractivity contribution in [2.75, 3.05) is 20.1 Å². The molecule has 100 valence electrons. The van der Waals surface area contributed by atoms with Gasteiger partial charge in [-0.15, -0.1) is 0 Å². The lowest BCUT2D eigenvalue weighted by atomic mass is 9.85. The van der Waals surface area contributed by atoms with E-state index in [1.165, 1.54) is 19.3 Å². The Morgan fingerprint density at radius 2 is 2.06 bits per heavy atom. The largest absolute Gasteiger partial charge is 0.329 e. The predicted octanol–water partition coefficient (Wildman–Crippen LogP) is 3.73. The highest BCUT2D eigenvalue weighted by molar-refractivity contribution is 6.42. The molecule has 1 unspecified atom stereocenters. The number of benzene rings is 1. The summed E-state index contributed by atoms with van der Waals surface area (Å²) < 4.78 is 0. The van der Waals surface area contributed by atoms with Crippen molar-refractivity contribution in [1.82, 2.24) is 4.90 Å². The van der Waals surface area contributed by atoms with Crippen LogP contribution in [-0.4, -0.2) is 25.0 Å². The number of rotatable bonds is 5. The van der Waals surface area contributed by atoms with Gasteiger partial charge >= 0.3 is 0 Å². The van der Waals surface area contributed by atoms with E-state index in [9.17, 15) is 0 Å². The summed E-state index contributed by atoms with van der Waals surface area (Å²) in [7, 11) is 2.14. The average Bonchev–Trinajstić information content (AvgIpc) is 2.29.